The maximum absolute atomic E-state index is 11.9. The van der Waals surface area contributed by atoms with E-state index in [0.717, 1.165) is 25.7 Å². The van der Waals surface area contributed by atoms with Crippen molar-refractivity contribution in [2.75, 3.05) is 0 Å². The van der Waals surface area contributed by atoms with Crippen LogP contribution >= 0.6 is 0 Å². The van der Waals surface area contributed by atoms with Crippen LogP contribution in [-0.2, 0) is 4.79 Å². The largest absolute Gasteiger partial charge is 0.481 e. The van der Waals surface area contributed by atoms with Crippen molar-refractivity contribution in [3.05, 3.63) is 0 Å². The first-order chi connectivity index (χ1) is 9.81. The van der Waals surface area contributed by atoms with E-state index in [1.807, 2.05) is 13.8 Å². The van der Waals surface area contributed by atoms with Crippen molar-refractivity contribution in [3.63, 3.8) is 0 Å². The van der Waals surface area contributed by atoms with Gasteiger partial charge in [0.1, 0.15) is 0 Å². The number of carbonyl (C=O) groups excluding carboxylic acids is 1. The average molecular weight is 300 g/mol. The van der Waals surface area contributed by atoms with E-state index in [9.17, 15) is 9.59 Å². The highest BCUT2D eigenvalue weighted by Crippen LogP contribution is 2.13. The second kappa shape index (κ2) is 10.5. The first-order valence-corrected chi connectivity index (χ1v) is 8.11. The summed E-state index contributed by atoms with van der Waals surface area (Å²) >= 11 is 0. The minimum atomic E-state index is -0.757. The molecule has 0 rings (SSSR count). The highest BCUT2D eigenvalue weighted by molar-refractivity contribution is 5.74. The zero-order valence-electron chi connectivity index (χ0n) is 14.1. The fourth-order valence-corrected chi connectivity index (χ4v) is 2.51. The van der Waals surface area contributed by atoms with Crippen LogP contribution < -0.4 is 10.6 Å². The number of hydrogen-bond acceptors (Lipinski definition) is 2. The van der Waals surface area contributed by atoms with Crippen LogP contribution in [0.2, 0.25) is 0 Å². The van der Waals surface area contributed by atoms with Gasteiger partial charge in [-0.05, 0) is 32.6 Å². The van der Waals surface area contributed by atoms with Gasteiger partial charge in [-0.3, -0.25) is 4.79 Å². The molecule has 3 atom stereocenters. The Hall–Kier alpha value is -1.26. The van der Waals surface area contributed by atoms with Gasteiger partial charge in [0.15, 0.2) is 0 Å². The van der Waals surface area contributed by atoms with E-state index in [0.29, 0.717) is 12.3 Å². The van der Waals surface area contributed by atoms with Crippen LogP contribution in [0.4, 0.5) is 4.79 Å². The Kier molecular flexibility index (Phi) is 9.84. The van der Waals surface area contributed by atoms with Gasteiger partial charge in [0.05, 0.1) is 5.92 Å². The van der Waals surface area contributed by atoms with Crippen molar-refractivity contribution >= 4 is 12.0 Å². The molecule has 5 nitrogen and oxygen atoms in total. The molecule has 0 heterocycles. The van der Waals surface area contributed by atoms with Crippen LogP contribution in [-0.4, -0.2) is 29.2 Å². The van der Waals surface area contributed by atoms with Gasteiger partial charge in [-0.15, -0.1) is 0 Å². The molecular formula is C16H32N2O3. The molecule has 0 aliphatic heterocycles. The fourth-order valence-electron chi connectivity index (χ4n) is 2.51. The van der Waals surface area contributed by atoms with Crippen molar-refractivity contribution < 1.29 is 14.7 Å². The molecule has 0 saturated carbocycles. The smallest absolute Gasteiger partial charge is 0.315 e. The molecule has 0 fully saturated rings. The summed E-state index contributed by atoms with van der Waals surface area (Å²) in [4.78, 5) is 22.6. The first kappa shape index (κ1) is 19.7. The van der Waals surface area contributed by atoms with Crippen molar-refractivity contribution in [1.82, 2.24) is 10.6 Å². The van der Waals surface area contributed by atoms with Crippen LogP contribution in [0, 0.1) is 11.8 Å². The molecule has 124 valence electrons. The molecule has 0 aliphatic carbocycles. The third-order valence-electron chi connectivity index (χ3n) is 4.19. The SMILES string of the molecule is CCC(CC)C(C)NC(=O)NC(C)CCCC(C)C(=O)O. The Morgan fingerprint density at radius 3 is 2.05 bits per heavy atom. The summed E-state index contributed by atoms with van der Waals surface area (Å²) in [5.74, 6) is -0.573. The average Bonchev–Trinajstić information content (AvgIpc) is 2.39. The summed E-state index contributed by atoms with van der Waals surface area (Å²) in [6.45, 7) is 9.97. The number of aliphatic carboxylic acids is 1. The number of rotatable bonds is 10. The van der Waals surface area contributed by atoms with Gasteiger partial charge < -0.3 is 15.7 Å². The molecular weight excluding hydrogens is 268 g/mol. The quantitative estimate of drug-likeness (QED) is 0.578. The van der Waals surface area contributed by atoms with E-state index in [4.69, 9.17) is 5.11 Å². The molecule has 2 amide bonds. The number of carboxylic acid groups (broad SMARTS) is 1. The summed E-state index contributed by atoms with van der Waals surface area (Å²) in [6.07, 6.45) is 4.36. The van der Waals surface area contributed by atoms with E-state index < -0.39 is 5.97 Å². The Bertz CT molecular complexity index is 317. The topological polar surface area (TPSA) is 78.4 Å². The Balaban J connectivity index is 3.96. The maximum atomic E-state index is 11.9. The zero-order valence-corrected chi connectivity index (χ0v) is 14.1. The standard InChI is InChI=1S/C16H32N2O3/c1-6-14(7-2)13(5)18-16(21)17-12(4)10-8-9-11(3)15(19)20/h11-14H,6-10H2,1-5H3,(H,19,20)(H2,17,18,21). The monoisotopic (exact) mass is 300 g/mol. The predicted octanol–water partition coefficient (Wildman–Crippen LogP) is 3.39. The summed E-state index contributed by atoms with van der Waals surface area (Å²) in [6, 6.07) is 0.0901. The molecule has 0 bridgehead atoms. The number of hydrogen-bond donors (Lipinski definition) is 3. The van der Waals surface area contributed by atoms with Crippen LogP contribution in [0.25, 0.3) is 0 Å². The second-order valence-electron chi connectivity index (χ2n) is 6.05. The minimum Gasteiger partial charge on any atom is -0.481 e. The van der Waals surface area contributed by atoms with Gasteiger partial charge in [0, 0.05) is 12.1 Å². The number of carboxylic acids is 1. The molecule has 3 unspecified atom stereocenters. The number of carbonyl (C=O) groups is 2. The van der Waals surface area contributed by atoms with E-state index >= 15 is 0 Å². The Labute approximate surface area is 128 Å². The molecule has 21 heavy (non-hydrogen) atoms. The highest BCUT2D eigenvalue weighted by Gasteiger charge is 2.17. The van der Waals surface area contributed by atoms with Gasteiger partial charge in [-0.25, -0.2) is 4.79 Å². The van der Waals surface area contributed by atoms with Crippen LogP contribution in [0.3, 0.4) is 0 Å². The molecule has 0 radical (unpaired) electrons. The Morgan fingerprint density at radius 1 is 1.00 bits per heavy atom. The summed E-state index contributed by atoms with van der Waals surface area (Å²) < 4.78 is 0. The minimum absolute atomic E-state index is 0.0555. The number of amides is 2. The molecule has 5 heteroatoms. The molecule has 0 aromatic carbocycles. The fraction of sp³-hybridized carbons (Fsp3) is 0.875. The first-order valence-electron chi connectivity index (χ1n) is 8.11. The van der Waals surface area contributed by atoms with E-state index in [-0.39, 0.29) is 24.0 Å². The van der Waals surface area contributed by atoms with Crippen molar-refractivity contribution in [1.29, 1.82) is 0 Å². The van der Waals surface area contributed by atoms with Crippen LogP contribution in [0.5, 0.6) is 0 Å². The lowest BCUT2D eigenvalue weighted by Crippen LogP contribution is -2.46. The van der Waals surface area contributed by atoms with Crippen LogP contribution in [0.15, 0.2) is 0 Å². The molecule has 0 spiro atoms. The molecule has 0 saturated heterocycles. The summed E-state index contributed by atoms with van der Waals surface area (Å²) in [7, 11) is 0. The van der Waals surface area contributed by atoms with Crippen molar-refractivity contribution in [3.8, 4) is 0 Å². The van der Waals surface area contributed by atoms with Gasteiger partial charge in [-0.1, -0.05) is 40.0 Å². The van der Waals surface area contributed by atoms with E-state index in [1.54, 1.807) is 6.92 Å². The summed E-state index contributed by atoms with van der Waals surface area (Å²) in [5, 5.41) is 14.7. The lowest BCUT2D eigenvalue weighted by Gasteiger charge is -2.24. The predicted molar refractivity (Wildman–Crippen MR) is 85.3 cm³/mol. The Morgan fingerprint density at radius 2 is 1.57 bits per heavy atom. The summed E-state index contributed by atoms with van der Waals surface area (Å²) in [5.41, 5.74) is 0. The maximum Gasteiger partial charge on any atom is 0.315 e. The second-order valence-corrected chi connectivity index (χ2v) is 6.05. The highest BCUT2D eigenvalue weighted by atomic mass is 16.4. The normalized spacial score (nSPS) is 15.3. The number of nitrogens with one attached hydrogen (secondary N) is 2. The number of urea groups is 1. The lowest BCUT2D eigenvalue weighted by atomic mass is 9.96. The van der Waals surface area contributed by atoms with Crippen molar-refractivity contribution in [2.45, 2.75) is 78.8 Å². The molecule has 0 aromatic rings. The van der Waals surface area contributed by atoms with E-state index in [2.05, 4.69) is 24.5 Å². The van der Waals surface area contributed by atoms with Crippen molar-refractivity contribution in [2.24, 2.45) is 11.8 Å². The third kappa shape index (κ3) is 8.58. The molecule has 0 aromatic heterocycles. The van der Waals surface area contributed by atoms with Gasteiger partial charge >= 0.3 is 12.0 Å². The molecule has 0 aliphatic rings. The lowest BCUT2D eigenvalue weighted by molar-refractivity contribution is -0.141. The molecule has 3 N–H and O–H groups in total. The third-order valence-corrected chi connectivity index (χ3v) is 4.19. The zero-order chi connectivity index (χ0) is 16.4. The van der Waals surface area contributed by atoms with E-state index in [1.165, 1.54) is 0 Å². The van der Waals surface area contributed by atoms with Crippen LogP contribution in [0.1, 0.15) is 66.7 Å². The van der Waals surface area contributed by atoms with Gasteiger partial charge in [0.2, 0.25) is 0 Å². The van der Waals surface area contributed by atoms with Gasteiger partial charge in [-0.2, -0.15) is 0 Å². The van der Waals surface area contributed by atoms with Gasteiger partial charge in [0.25, 0.3) is 0 Å².